The van der Waals surface area contributed by atoms with Gasteiger partial charge in [0.15, 0.2) is 5.13 Å². The van der Waals surface area contributed by atoms with E-state index in [1.165, 1.54) is 28.7 Å². The standard InChI is InChI=1S/C34H28N4O3S2/c1-23-15-17-25(18-16-23)30-21-43-34(37-30)38-31(39)22-42-28-14-8-13-27(20-28)35-33(41)29(19-24-9-4-2-5-10-24)36-32(40)26-11-6-3-7-12-26/h2-21H,22H2,1H3,(H,35,41)(H,36,40)(H,37,38,39)/b29-19-. The summed E-state index contributed by atoms with van der Waals surface area (Å²) in [6.07, 6.45) is 1.63. The van der Waals surface area contributed by atoms with E-state index >= 15 is 0 Å². The molecule has 214 valence electrons. The van der Waals surface area contributed by atoms with Crippen LogP contribution in [0.2, 0.25) is 0 Å². The van der Waals surface area contributed by atoms with Crippen LogP contribution in [0.15, 0.2) is 125 Å². The van der Waals surface area contributed by atoms with Crippen LogP contribution in [0.5, 0.6) is 0 Å². The molecule has 1 heterocycles. The number of carbonyl (C=O) groups excluding carboxylic acids is 3. The van der Waals surface area contributed by atoms with Gasteiger partial charge in [-0.2, -0.15) is 0 Å². The van der Waals surface area contributed by atoms with Gasteiger partial charge in [-0.15, -0.1) is 23.1 Å². The third kappa shape index (κ3) is 8.51. The molecule has 0 spiro atoms. The summed E-state index contributed by atoms with van der Waals surface area (Å²) in [5, 5.41) is 10.9. The Morgan fingerprint density at radius 1 is 0.837 bits per heavy atom. The lowest BCUT2D eigenvalue weighted by atomic mass is 10.1. The van der Waals surface area contributed by atoms with Crippen LogP contribution in [0.1, 0.15) is 21.5 Å². The van der Waals surface area contributed by atoms with Crippen LogP contribution in [0.4, 0.5) is 10.8 Å². The highest BCUT2D eigenvalue weighted by molar-refractivity contribution is 8.00. The number of hydrogen-bond donors (Lipinski definition) is 3. The third-order valence-electron chi connectivity index (χ3n) is 6.20. The normalized spacial score (nSPS) is 11.0. The molecule has 0 aliphatic carbocycles. The van der Waals surface area contributed by atoms with E-state index in [1.54, 1.807) is 48.5 Å². The predicted molar refractivity (Wildman–Crippen MR) is 175 cm³/mol. The molecule has 0 fully saturated rings. The Hall–Kier alpha value is -4.99. The second kappa shape index (κ2) is 14.3. The van der Waals surface area contributed by atoms with Crippen LogP contribution >= 0.6 is 23.1 Å². The zero-order chi connectivity index (χ0) is 30.0. The average molecular weight is 605 g/mol. The largest absolute Gasteiger partial charge is 0.321 e. The van der Waals surface area contributed by atoms with Crippen molar-refractivity contribution in [1.82, 2.24) is 10.3 Å². The number of nitrogens with zero attached hydrogens (tertiary/aromatic N) is 1. The molecule has 0 aliphatic heterocycles. The summed E-state index contributed by atoms with van der Waals surface area (Å²) < 4.78 is 0. The molecule has 0 unspecified atom stereocenters. The van der Waals surface area contributed by atoms with Crippen molar-refractivity contribution in [2.75, 3.05) is 16.4 Å². The number of aromatic nitrogens is 1. The monoisotopic (exact) mass is 604 g/mol. The van der Waals surface area contributed by atoms with E-state index in [4.69, 9.17) is 0 Å². The molecule has 3 N–H and O–H groups in total. The number of thiazole rings is 1. The van der Waals surface area contributed by atoms with Crippen LogP contribution in [0, 0.1) is 6.92 Å². The predicted octanol–water partition coefficient (Wildman–Crippen LogP) is 7.26. The van der Waals surface area contributed by atoms with Crippen molar-refractivity contribution in [3.8, 4) is 11.3 Å². The highest BCUT2D eigenvalue weighted by Crippen LogP contribution is 2.26. The Bertz CT molecular complexity index is 1750. The van der Waals surface area contributed by atoms with Crippen molar-refractivity contribution in [2.24, 2.45) is 0 Å². The Kier molecular flexibility index (Phi) is 9.78. The van der Waals surface area contributed by atoms with Gasteiger partial charge in [0.1, 0.15) is 5.70 Å². The maximum Gasteiger partial charge on any atom is 0.272 e. The van der Waals surface area contributed by atoms with Gasteiger partial charge in [-0.3, -0.25) is 14.4 Å². The molecule has 43 heavy (non-hydrogen) atoms. The number of thioether (sulfide) groups is 1. The quantitative estimate of drug-likeness (QED) is 0.115. The molecule has 0 aliphatic rings. The molecule has 5 aromatic rings. The van der Waals surface area contributed by atoms with Crippen LogP contribution in [0.25, 0.3) is 17.3 Å². The smallest absolute Gasteiger partial charge is 0.272 e. The van der Waals surface area contributed by atoms with E-state index in [-0.39, 0.29) is 23.3 Å². The minimum atomic E-state index is -0.471. The molecular weight excluding hydrogens is 577 g/mol. The minimum Gasteiger partial charge on any atom is -0.321 e. The lowest BCUT2D eigenvalue weighted by Gasteiger charge is -2.12. The molecule has 0 atom stereocenters. The molecule has 0 saturated heterocycles. The van der Waals surface area contributed by atoms with Gasteiger partial charge in [-0.05, 0) is 48.9 Å². The molecule has 4 aromatic carbocycles. The number of carbonyl (C=O) groups is 3. The molecule has 7 nitrogen and oxygen atoms in total. The van der Waals surface area contributed by atoms with Crippen molar-refractivity contribution >= 4 is 57.7 Å². The number of amides is 3. The van der Waals surface area contributed by atoms with Gasteiger partial charge in [0.2, 0.25) is 5.91 Å². The number of anilines is 2. The molecule has 5 rings (SSSR count). The number of rotatable bonds is 10. The van der Waals surface area contributed by atoms with Crippen molar-refractivity contribution in [1.29, 1.82) is 0 Å². The van der Waals surface area contributed by atoms with E-state index in [9.17, 15) is 14.4 Å². The average Bonchev–Trinajstić information content (AvgIpc) is 3.49. The molecule has 0 saturated carbocycles. The Balaban J connectivity index is 1.21. The number of aryl methyl sites for hydroxylation is 1. The summed E-state index contributed by atoms with van der Waals surface area (Å²) >= 11 is 2.72. The van der Waals surface area contributed by atoms with E-state index in [2.05, 4.69) is 20.9 Å². The lowest BCUT2D eigenvalue weighted by molar-refractivity contribution is -0.114. The van der Waals surface area contributed by atoms with Gasteiger partial charge in [0.05, 0.1) is 11.4 Å². The number of hydrogen-bond acceptors (Lipinski definition) is 6. The van der Waals surface area contributed by atoms with Crippen LogP contribution < -0.4 is 16.0 Å². The van der Waals surface area contributed by atoms with E-state index < -0.39 is 5.91 Å². The van der Waals surface area contributed by atoms with Crippen LogP contribution in [0.3, 0.4) is 0 Å². The number of nitrogens with one attached hydrogen (secondary N) is 3. The molecule has 1 aromatic heterocycles. The minimum absolute atomic E-state index is 0.103. The second-order valence-electron chi connectivity index (χ2n) is 9.51. The zero-order valence-corrected chi connectivity index (χ0v) is 24.9. The SMILES string of the molecule is Cc1ccc(-c2csc(NC(=O)CSc3cccc(NC(=O)/C(=C/c4ccccc4)NC(=O)c4ccccc4)c3)n2)cc1. The summed E-state index contributed by atoms with van der Waals surface area (Å²) in [5.74, 6) is -0.870. The van der Waals surface area contributed by atoms with Gasteiger partial charge in [0.25, 0.3) is 11.8 Å². The first-order chi connectivity index (χ1) is 20.9. The summed E-state index contributed by atoms with van der Waals surface area (Å²) in [7, 11) is 0. The topological polar surface area (TPSA) is 100 Å². The Morgan fingerprint density at radius 2 is 1.56 bits per heavy atom. The van der Waals surface area contributed by atoms with Crippen molar-refractivity contribution in [3.05, 3.63) is 137 Å². The van der Waals surface area contributed by atoms with Gasteiger partial charge in [-0.25, -0.2) is 4.98 Å². The van der Waals surface area contributed by atoms with Gasteiger partial charge < -0.3 is 16.0 Å². The fourth-order valence-corrected chi connectivity index (χ4v) is 5.50. The molecule has 0 radical (unpaired) electrons. The Morgan fingerprint density at radius 3 is 2.30 bits per heavy atom. The van der Waals surface area contributed by atoms with Gasteiger partial charge in [0, 0.05) is 27.1 Å². The van der Waals surface area contributed by atoms with Crippen LogP contribution in [-0.2, 0) is 9.59 Å². The zero-order valence-electron chi connectivity index (χ0n) is 23.2. The molecular formula is C34H28N4O3S2. The van der Waals surface area contributed by atoms with Crippen molar-refractivity contribution in [3.63, 3.8) is 0 Å². The molecule has 3 amide bonds. The maximum absolute atomic E-state index is 13.3. The van der Waals surface area contributed by atoms with E-state index in [1.807, 2.05) is 79.0 Å². The maximum atomic E-state index is 13.3. The lowest BCUT2D eigenvalue weighted by Crippen LogP contribution is -2.30. The number of benzene rings is 4. The van der Waals surface area contributed by atoms with Gasteiger partial charge in [-0.1, -0.05) is 84.4 Å². The summed E-state index contributed by atoms with van der Waals surface area (Å²) in [6.45, 7) is 2.03. The van der Waals surface area contributed by atoms with E-state index in [0.29, 0.717) is 16.4 Å². The van der Waals surface area contributed by atoms with Crippen molar-refractivity contribution < 1.29 is 14.4 Å². The summed E-state index contributed by atoms with van der Waals surface area (Å²) in [4.78, 5) is 44.1. The van der Waals surface area contributed by atoms with Crippen molar-refractivity contribution in [2.45, 2.75) is 11.8 Å². The first-order valence-electron chi connectivity index (χ1n) is 13.4. The van der Waals surface area contributed by atoms with Crippen LogP contribution in [-0.4, -0.2) is 28.5 Å². The molecule has 0 bridgehead atoms. The fraction of sp³-hybridized carbons (Fsp3) is 0.0588. The molecule has 9 heteroatoms. The first kappa shape index (κ1) is 29.5. The highest BCUT2D eigenvalue weighted by Gasteiger charge is 2.16. The Labute approximate surface area is 258 Å². The van der Waals surface area contributed by atoms with Gasteiger partial charge >= 0.3 is 0 Å². The fourth-order valence-electron chi connectivity index (χ4n) is 4.01. The first-order valence-corrected chi connectivity index (χ1v) is 15.3. The third-order valence-corrected chi connectivity index (χ3v) is 7.95. The summed E-state index contributed by atoms with van der Waals surface area (Å²) in [5.41, 5.74) is 4.83. The highest BCUT2D eigenvalue weighted by atomic mass is 32.2. The summed E-state index contributed by atoms with van der Waals surface area (Å²) in [6, 6.07) is 33.3. The second-order valence-corrected chi connectivity index (χ2v) is 11.4. The van der Waals surface area contributed by atoms with E-state index in [0.717, 1.165) is 21.7 Å².